The number of nitrogens with zero attached hydrogens (tertiary/aromatic N) is 4. The number of rotatable bonds is 7. The van der Waals surface area contributed by atoms with E-state index in [-0.39, 0.29) is 29.8 Å². The number of methoxy groups -OCH3 is 1. The van der Waals surface area contributed by atoms with E-state index in [9.17, 15) is 14.0 Å². The number of amides is 2. The van der Waals surface area contributed by atoms with Crippen molar-refractivity contribution in [1.29, 1.82) is 0 Å². The molecule has 0 radical (unpaired) electrons. The molecular formula is C23H28FN5O3. The fraction of sp³-hybridized carbons (Fsp3) is 0.478. The average Bonchev–Trinajstić information content (AvgIpc) is 3.49. The fourth-order valence-corrected chi connectivity index (χ4v) is 4.38. The van der Waals surface area contributed by atoms with Gasteiger partial charge in [0.2, 0.25) is 11.9 Å². The lowest BCUT2D eigenvalue weighted by atomic mass is 9.92. The Hall–Kier alpha value is -3.07. The van der Waals surface area contributed by atoms with Crippen molar-refractivity contribution < 1.29 is 18.7 Å². The molecule has 4 rings (SSSR count). The Balaban J connectivity index is 1.58. The molecule has 1 N–H and O–H groups in total. The molecule has 2 atom stereocenters. The Morgan fingerprint density at radius 1 is 1.22 bits per heavy atom. The second-order valence-corrected chi connectivity index (χ2v) is 8.19. The molecule has 9 heteroatoms. The van der Waals surface area contributed by atoms with Crippen molar-refractivity contribution in [2.45, 2.75) is 18.8 Å². The number of likely N-dealkylation sites (tertiary alicyclic amines) is 1. The van der Waals surface area contributed by atoms with Crippen LogP contribution < -0.4 is 10.2 Å². The van der Waals surface area contributed by atoms with Crippen LogP contribution in [-0.2, 0) is 9.53 Å². The third kappa shape index (κ3) is 4.88. The molecule has 0 saturated carbocycles. The minimum atomic E-state index is -0.467. The summed E-state index contributed by atoms with van der Waals surface area (Å²) in [5.41, 5.74) is 1.01. The monoisotopic (exact) mass is 441 g/mol. The van der Waals surface area contributed by atoms with Crippen LogP contribution in [0.2, 0.25) is 0 Å². The van der Waals surface area contributed by atoms with E-state index in [0.29, 0.717) is 25.6 Å². The third-order valence-electron chi connectivity index (χ3n) is 6.05. The van der Waals surface area contributed by atoms with Gasteiger partial charge < -0.3 is 19.9 Å². The lowest BCUT2D eigenvalue weighted by molar-refractivity contribution is -0.125. The Labute approximate surface area is 186 Å². The molecule has 8 nitrogen and oxygen atoms in total. The maximum absolute atomic E-state index is 13.7. The van der Waals surface area contributed by atoms with Gasteiger partial charge >= 0.3 is 0 Å². The predicted molar refractivity (Wildman–Crippen MR) is 117 cm³/mol. The number of hydrogen-bond acceptors (Lipinski definition) is 6. The summed E-state index contributed by atoms with van der Waals surface area (Å²) >= 11 is 0. The van der Waals surface area contributed by atoms with Crippen LogP contribution in [0.25, 0.3) is 0 Å². The predicted octanol–water partition coefficient (Wildman–Crippen LogP) is 1.83. The average molecular weight is 442 g/mol. The zero-order valence-corrected chi connectivity index (χ0v) is 18.2. The first-order chi connectivity index (χ1) is 15.6. The molecule has 2 fully saturated rings. The maximum Gasteiger partial charge on any atom is 0.254 e. The molecule has 1 aromatic heterocycles. The summed E-state index contributed by atoms with van der Waals surface area (Å²) in [6.07, 6.45) is 3.93. The van der Waals surface area contributed by atoms with Crippen molar-refractivity contribution in [1.82, 2.24) is 20.2 Å². The fourth-order valence-electron chi connectivity index (χ4n) is 4.38. The molecule has 2 saturated heterocycles. The zero-order valence-electron chi connectivity index (χ0n) is 18.2. The SMILES string of the molecule is COCCNC(=O)[C@@H]1CN(C(=O)c2cccc(F)c2)C[C@H]1c1ccnc(N2CCCC2)n1. The molecule has 0 spiro atoms. The van der Waals surface area contributed by atoms with Gasteiger partial charge in [0.15, 0.2) is 0 Å². The summed E-state index contributed by atoms with van der Waals surface area (Å²) in [5, 5.41) is 2.89. The van der Waals surface area contributed by atoms with Crippen LogP contribution in [0.1, 0.15) is 34.8 Å². The molecule has 2 aliphatic rings. The molecule has 0 bridgehead atoms. The number of halogens is 1. The largest absolute Gasteiger partial charge is 0.383 e. The van der Waals surface area contributed by atoms with Gasteiger partial charge in [0.1, 0.15) is 5.82 Å². The highest BCUT2D eigenvalue weighted by atomic mass is 19.1. The van der Waals surface area contributed by atoms with E-state index in [2.05, 4.69) is 15.2 Å². The van der Waals surface area contributed by atoms with Crippen LogP contribution in [-0.4, -0.2) is 73.1 Å². The number of carbonyl (C=O) groups excluding carboxylic acids is 2. The second kappa shape index (κ2) is 10.0. The van der Waals surface area contributed by atoms with Gasteiger partial charge in [-0.15, -0.1) is 0 Å². The third-order valence-corrected chi connectivity index (χ3v) is 6.05. The topological polar surface area (TPSA) is 87.7 Å². The smallest absolute Gasteiger partial charge is 0.254 e. The molecule has 2 aliphatic heterocycles. The number of nitrogens with one attached hydrogen (secondary N) is 1. The highest BCUT2D eigenvalue weighted by Crippen LogP contribution is 2.33. The van der Waals surface area contributed by atoms with E-state index in [0.717, 1.165) is 31.6 Å². The van der Waals surface area contributed by atoms with Gasteiger partial charge in [-0.2, -0.15) is 0 Å². The molecule has 1 aromatic carbocycles. The van der Waals surface area contributed by atoms with Gasteiger partial charge in [-0.05, 0) is 37.1 Å². The van der Waals surface area contributed by atoms with Gasteiger partial charge in [-0.25, -0.2) is 14.4 Å². The number of ether oxygens (including phenoxy) is 1. The van der Waals surface area contributed by atoms with E-state index >= 15 is 0 Å². The van der Waals surface area contributed by atoms with Crippen molar-refractivity contribution in [3.8, 4) is 0 Å². The minimum absolute atomic E-state index is 0.150. The maximum atomic E-state index is 13.7. The van der Waals surface area contributed by atoms with Crippen molar-refractivity contribution in [2.24, 2.45) is 5.92 Å². The summed E-state index contributed by atoms with van der Waals surface area (Å²) in [5.74, 6) is -0.997. The van der Waals surface area contributed by atoms with E-state index in [4.69, 9.17) is 9.72 Å². The zero-order chi connectivity index (χ0) is 22.5. The number of aromatic nitrogens is 2. The van der Waals surface area contributed by atoms with Gasteiger partial charge in [0, 0.05) is 57.5 Å². The van der Waals surface area contributed by atoms with Crippen molar-refractivity contribution in [2.75, 3.05) is 51.3 Å². The quantitative estimate of drug-likeness (QED) is 0.660. The van der Waals surface area contributed by atoms with Crippen LogP contribution in [0.4, 0.5) is 10.3 Å². The number of hydrogen-bond donors (Lipinski definition) is 1. The Kier molecular flexibility index (Phi) is 6.94. The van der Waals surface area contributed by atoms with Crippen LogP contribution in [0.15, 0.2) is 36.5 Å². The first kappa shape index (κ1) is 22.1. The van der Waals surface area contributed by atoms with E-state index in [1.54, 1.807) is 24.3 Å². The van der Waals surface area contributed by atoms with Gasteiger partial charge in [0.25, 0.3) is 5.91 Å². The summed E-state index contributed by atoms with van der Waals surface area (Å²) in [4.78, 5) is 39.0. The van der Waals surface area contributed by atoms with Crippen LogP contribution >= 0.6 is 0 Å². The normalized spacial score (nSPS) is 20.6. The van der Waals surface area contributed by atoms with Crippen LogP contribution in [0.5, 0.6) is 0 Å². The van der Waals surface area contributed by atoms with Gasteiger partial charge in [0.05, 0.1) is 18.2 Å². The Morgan fingerprint density at radius 3 is 2.78 bits per heavy atom. The molecular weight excluding hydrogens is 413 g/mol. The van der Waals surface area contributed by atoms with E-state index < -0.39 is 11.7 Å². The highest BCUT2D eigenvalue weighted by Gasteiger charge is 2.41. The van der Waals surface area contributed by atoms with Crippen molar-refractivity contribution >= 4 is 17.8 Å². The summed E-state index contributed by atoms with van der Waals surface area (Å²) in [6.45, 7) is 3.19. The summed E-state index contributed by atoms with van der Waals surface area (Å²) in [6, 6.07) is 7.44. The second-order valence-electron chi connectivity index (χ2n) is 8.19. The summed E-state index contributed by atoms with van der Waals surface area (Å²) < 4.78 is 18.7. The molecule has 2 amide bonds. The molecule has 0 unspecified atom stereocenters. The van der Waals surface area contributed by atoms with Crippen molar-refractivity contribution in [3.05, 3.63) is 53.6 Å². The molecule has 0 aliphatic carbocycles. The Morgan fingerprint density at radius 2 is 2.03 bits per heavy atom. The number of anilines is 1. The lowest BCUT2D eigenvalue weighted by Gasteiger charge is -2.20. The molecule has 2 aromatic rings. The Bertz CT molecular complexity index is 966. The van der Waals surface area contributed by atoms with E-state index in [1.807, 2.05) is 6.07 Å². The summed E-state index contributed by atoms with van der Waals surface area (Å²) in [7, 11) is 1.57. The minimum Gasteiger partial charge on any atom is -0.383 e. The lowest BCUT2D eigenvalue weighted by Crippen LogP contribution is -2.37. The first-order valence-corrected chi connectivity index (χ1v) is 11.0. The van der Waals surface area contributed by atoms with Crippen LogP contribution in [0.3, 0.4) is 0 Å². The molecule has 3 heterocycles. The van der Waals surface area contributed by atoms with Gasteiger partial charge in [-0.1, -0.05) is 6.07 Å². The number of benzene rings is 1. The molecule has 170 valence electrons. The van der Waals surface area contributed by atoms with Crippen LogP contribution in [0, 0.1) is 11.7 Å². The first-order valence-electron chi connectivity index (χ1n) is 11.0. The number of carbonyl (C=O) groups is 2. The standard InChI is InChI=1S/C23H28FN5O3/c1-32-12-9-25-21(30)19-15-29(22(31)16-5-4-6-17(24)13-16)14-18(19)20-7-8-26-23(27-20)28-10-2-3-11-28/h4-8,13,18-19H,2-3,9-12,14-15H2,1H3,(H,25,30)/t18-,19-/m1/s1. The van der Waals surface area contributed by atoms with Gasteiger partial charge in [-0.3, -0.25) is 9.59 Å². The van der Waals surface area contributed by atoms with Crippen molar-refractivity contribution in [3.63, 3.8) is 0 Å². The highest BCUT2D eigenvalue weighted by molar-refractivity contribution is 5.95. The van der Waals surface area contributed by atoms with E-state index in [1.165, 1.54) is 18.2 Å². The molecule has 32 heavy (non-hydrogen) atoms.